The van der Waals surface area contributed by atoms with Crippen LogP contribution in [0.3, 0.4) is 0 Å². The van der Waals surface area contributed by atoms with E-state index < -0.39 is 0 Å². The van der Waals surface area contributed by atoms with E-state index in [2.05, 4.69) is 45.2 Å². The molecule has 0 saturated carbocycles. The third-order valence-corrected chi connectivity index (χ3v) is 7.79. The topological polar surface area (TPSA) is 74.7 Å². The molecule has 40 heavy (non-hydrogen) atoms. The number of nitrogens with one attached hydrogen (secondary N) is 2. The highest BCUT2D eigenvalue weighted by atomic mass is 32.1. The van der Waals surface area contributed by atoms with Crippen molar-refractivity contribution in [1.29, 1.82) is 0 Å². The number of fused-ring (bicyclic) bond motifs is 2. The van der Waals surface area contributed by atoms with Crippen LogP contribution in [0.4, 0.5) is 14.9 Å². The van der Waals surface area contributed by atoms with Crippen LogP contribution >= 0.6 is 11.3 Å². The summed E-state index contributed by atoms with van der Waals surface area (Å²) in [5.74, 6) is 3.05. The maximum Gasteiger partial charge on any atom is 0.409 e. The molecule has 6 rings (SSSR count). The molecule has 1 amide bonds. The van der Waals surface area contributed by atoms with Crippen LogP contribution in [-0.4, -0.2) is 58.5 Å². The molecule has 0 radical (unpaired) electrons. The Morgan fingerprint density at radius 3 is 3.02 bits per heavy atom. The first-order valence-corrected chi connectivity index (χ1v) is 13.9. The number of anilines is 1. The van der Waals surface area contributed by atoms with E-state index in [4.69, 9.17) is 4.74 Å². The van der Waals surface area contributed by atoms with Gasteiger partial charge in [-0.1, -0.05) is 18.1 Å². The zero-order valence-corrected chi connectivity index (χ0v) is 23.0. The maximum absolute atomic E-state index is 13.6. The average molecular weight is 557 g/mol. The summed E-state index contributed by atoms with van der Waals surface area (Å²) < 4.78 is 21.0. The molecule has 8 nitrogen and oxygen atoms in total. The Balaban J connectivity index is 1.16. The molecule has 4 aromatic rings. The van der Waals surface area contributed by atoms with Gasteiger partial charge in [0.15, 0.2) is 0 Å². The highest BCUT2D eigenvalue weighted by Gasteiger charge is 2.27. The van der Waals surface area contributed by atoms with E-state index in [1.165, 1.54) is 27.5 Å². The van der Waals surface area contributed by atoms with Gasteiger partial charge in [0.05, 0.1) is 36.5 Å². The predicted molar refractivity (Wildman–Crippen MR) is 155 cm³/mol. The molecule has 0 unspecified atom stereocenters. The third kappa shape index (κ3) is 5.66. The quantitative estimate of drug-likeness (QED) is 0.341. The van der Waals surface area contributed by atoms with Crippen LogP contribution in [0.1, 0.15) is 22.4 Å². The number of ether oxygens (including phenoxy) is 1. The molecule has 4 heterocycles. The summed E-state index contributed by atoms with van der Waals surface area (Å²) >= 11 is 1.71. The van der Waals surface area contributed by atoms with Crippen molar-refractivity contribution in [3.05, 3.63) is 88.1 Å². The van der Waals surface area contributed by atoms with Gasteiger partial charge in [-0.3, -0.25) is 10.00 Å². The van der Waals surface area contributed by atoms with Crippen LogP contribution in [0.15, 0.2) is 66.3 Å². The molecular formula is C30H29FN6O2S. The van der Waals surface area contributed by atoms with Crippen molar-refractivity contribution < 1.29 is 13.9 Å². The number of benzene rings is 2. The van der Waals surface area contributed by atoms with E-state index in [0.717, 1.165) is 27.9 Å². The summed E-state index contributed by atoms with van der Waals surface area (Å²) in [6.45, 7) is 1.81. The second-order valence-corrected chi connectivity index (χ2v) is 11.1. The number of hydrogen-bond acceptors (Lipinski definition) is 7. The summed E-state index contributed by atoms with van der Waals surface area (Å²) in [4.78, 5) is 16.5. The van der Waals surface area contributed by atoms with Crippen molar-refractivity contribution in [1.82, 2.24) is 24.9 Å². The van der Waals surface area contributed by atoms with Gasteiger partial charge in [0, 0.05) is 60.8 Å². The zero-order chi connectivity index (χ0) is 27.6. The molecule has 2 aliphatic rings. The Morgan fingerprint density at radius 1 is 1.27 bits per heavy atom. The first kappa shape index (κ1) is 25.9. The van der Waals surface area contributed by atoms with Gasteiger partial charge in [-0.15, -0.1) is 11.3 Å². The number of carbonyl (C=O) groups excluding carboxylic acids is 1. The zero-order valence-electron chi connectivity index (χ0n) is 22.2. The predicted octanol–water partition coefficient (Wildman–Crippen LogP) is 4.90. The number of aromatic nitrogens is 2. The first-order chi connectivity index (χ1) is 19.4. The molecule has 1 fully saturated rings. The van der Waals surface area contributed by atoms with E-state index in [9.17, 15) is 9.18 Å². The normalized spacial score (nSPS) is 18.1. The van der Waals surface area contributed by atoms with E-state index in [1.807, 2.05) is 40.2 Å². The molecule has 10 heteroatoms. The summed E-state index contributed by atoms with van der Waals surface area (Å²) in [5, 5.41) is 14.5. The van der Waals surface area contributed by atoms with Crippen molar-refractivity contribution in [3.63, 3.8) is 0 Å². The summed E-state index contributed by atoms with van der Waals surface area (Å²) in [7, 11) is 3.35. The van der Waals surface area contributed by atoms with Crippen molar-refractivity contribution in [2.75, 3.05) is 26.0 Å². The third-order valence-electron chi connectivity index (χ3n) is 6.88. The second-order valence-electron chi connectivity index (χ2n) is 10.1. The highest BCUT2D eigenvalue weighted by molar-refractivity contribution is 7.10. The highest BCUT2D eigenvalue weighted by Crippen LogP contribution is 2.32. The number of nitrogens with zero attached hydrogens (tertiary/aromatic N) is 4. The largest absolute Gasteiger partial charge is 0.445 e. The number of thiophene rings is 1. The Kier molecular flexibility index (Phi) is 7.15. The van der Waals surface area contributed by atoms with Gasteiger partial charge in [0.25, 0.3) is 0 Å². The van der Waals surface area contributed by atoms with E-state index in [1.54, 1.807) is 31.5 Å². The molecular weight excluding hydrogens is 527 g/mol. The van der Waals surface area contributed by atoms with Crippen LogP contribution in [0, 0.1) is 17.8 Å². The summed E-state index contributed by atoms with van der Waals surface area (Å²) in [6, 6.07) is 18.1. The minimum absolute atomic E-state index is 0.0409. The second kappa shape index (κ2) is 11.0. The lowest BCUT2D eigenvalue weighted by Gasteiger charge is -2.23. The Morgan fingerprint density at radius 2 is 2.17 bits per heavy atom. The lowest BCUT2D eigenvalue weighted by molar-refractivity contribution is 0.0826. The summed E-state index contributed by atoms with van der Waals surface area (Å²) in [6.07, 6.45) is 4.02. The van der Waals surface area contributed by atoms with Gasteiger partial charge in [-0.05, 0) is 47.3 Å². The number of hydrogen-bond donors (Lipinski definition) is 2. The smallest absolute Gasteiger partial charge is 0.409 e. The Hall–Kier alpha value is -4.33. The lowest BCUT2D eigenvalue weighted by Crippen LogP contribution is -2.29. The van der Waals surface area contributed by atoms with Gasteiger partial charge in [-0.2, -0.15) is 5.10 Å². The first-order valence-electron chi connectivity index (χ1n) is 13.1. The number of amides is 1. The minimum atomic E-state index is -0.336. The fourth-order valence-electron chi connectivity index (χ4n) is 4.87. The van der Waals surface area contributed by atoms with Gasteiger partial charge in [-0.25, -0.2) is 9.18 Å². The fourth-order valence-corrected chi connectivity index (χ4v) is 5.75. The maximum atomic E-state index is 13.6. The lowest BCUT2D eigenvalue weighted by atomic mass is 10.1. The van der Waals surface area contributed by atoms with Crippen molar-refractivity contribution in [3.8, 4) is 12.0 Å². The van der Waals surface area contributed by atoms with Crippen LogP contribution in [0.25, 0.3) is 16.6 Å². The van der Waals surface area contributed by atoms with Gasteiger partial charge in [0.1, 0.15) is 11.9 Å². The fraction of sp³-hybridized carbons (Fsp3) is 0.267. The SMILES string of the molecule is CN(C)C(=O)O[C@@H]1CN[C@H](C#CN2C=C(Nc3ccc4c(cnn4Cc4cccc(F)c4)c3)c3ccsc3C2)C1. The molecule has 2 aromatic heterocycles. The molecule has 1 saturated heterocycles. The Bertz CT molecular complexity index is 1650. The molecule has 0 spiro atoms. The number of rotatable bonds is 5. The molecule has 2 aliphatic heterocycles. The number of halogens is 1. The standard InChI is InChI=1S/C30H29FN6O2S/c1-35(2)30(38)39-25-14-23(32-16-25)8-10-36-18-27(26-9-11-40-29(26)19-36)34-24-6-7-28-21(13-24)15-33-37(28)17-20-4-3-5-22(31)12-20/h3-7,9,11-13,15,18,23,25,32,34H,14,16-17,19H2,1-2H3/t23-,25+/m1/s1. The van der Waals surface area contributed by atoms with Crippen molar-refractivity contribution in [2.45, 2.75) is 31.7 Å². The van der Waals surface area contributed by atoms with E-state index >= 15 is 0 Å². The molecule has 2 aromatic carbocycles. The van der Waals surface area contributed by atoms with Gasteiger partial charge >= 0.3 is 6.09 Å². The van der Waals surface area contributed by atoms with Crippen molar-refractivity contribution in [2.24, 2.45) is 0 Å². The molecule has 2 N–H and O–H groups in total. The monoisotopic (exact) mass is 556 g/mol. The van der Waals surface area contributed by atoms with Crippen LogP contribution in [0.2, 0.25) is 0 Å². The minimum Gasteiger partial charge on any atom is -0.445 e. The van der Waals surface area contributed by atoms with Crippen LogP contribution in [0.5, 0.6) is 0 Å². The van der Waals surface area contributed by atoms with Crippen molar-refractivity contribution >= 4 is 39.7 Å². The molecule has 204 valence electrons. The molecule has 0 bridgehead atoms. The van der Waals surface area contributed by atoms with Crippen LogP contribution in [-0.2, 0) is 17.8 Å². The van der Waals surface area contributed by atoms with Crippen LogP contribution < -0.4 is 10.6 Å². The van der Waals surface area contributed by atoms with E-state index in [0.29, 0.717) is 26.1 Å². The van der Waals surface area contributed by atoms with E-state index in [-0.39, 0.29) is 24.1 Å². The molecule has 2 atom stereocenters. The van der Waals surface area contributed by atoms with Gasteiger partial charge in [0.2, 0.25) is 0 Å². The number of carbonyl (C=O) groups is 1. The van der Waals surface area contributed by atoms with Gasteiger partial charge < -0.3 is 19.9 Å². The summed E-state index contributed by atoms with van der Waals surface area (Å²) in [5.41, 5.74) is 4.93. The Labute approximate surface area is 236 Å². The molecule has 0 aliphatic carbocycles. The average Bonchev–Trinajstić information content (AvgIpc) is 3.68.